The van der Waals surface area contributed by atoms with Crippen LogP contribution in [0.4, 0.5) is 0 Å². The van der Waals surface area contributed by atoms with Gasteiger partial charge in [-0.15, -0.1) is 0 Å². The first-order valence-electron chi connectivity index (χ1n) is 9.00. The predicted octanol–water partition coefficient (Wildman–Crippen LogP) is 2.60. The number of benzene rings is 1. The van der Waals surface area contributed by atoms with Crippen molar-refractivity contribution in [1.29, 1.82) is 0 Å². The zero-order valence-electron chi connectivity index (χ0n) is 15.5. The van der Waals surface area contributed by atoms with Crippen LogP contribution in [0.5, 0.6) is 0 Å². The number of aromatic nitrogens is 3. The molecule has 4 rings (SSSR count). The number of aryl methyl sites for hydroxylation is 1. The van der Waals surface area contributed by atoms with Gasteiger partial charge in [-0.3, -0.25) is 4.98 Å². The molecule has 3 heterocycles. The van der Waals surface area contributed by atoms with E-state index in [9.17, 15) is 0 Å². The number of hydrogen-bond donors (Lipinski definition) is 1. The lowest BCUT2D eigenvalue weighted by molar-refractivity contribution is 0.432. The molecule has 2 aromatic heterocycles. The van der Waals surface area contributed by atoms with E-state index in [0.29, 0.717) is 12.5 Å². The highest BCUT2D eigenvalue weighted by atomic mass is 15.3. The summed E-state index contributed by atoms with van der Waals surface area (Å²) >= 11 is 0. The van der Waals surface area contributed by atoms with Gasteiger partial charge in [0.15, 0.2) is 5.96 Å². The molecule has 1 aliphatic rings. The van der Waals surface area contributed by atoms with Crippen LogP contribution < -0.4 is 5.73 Å². The number of guanidine groups is 1. The molecule has 0 spiro atoms. The second kappa shape index (κ2) is 6.79. The Morgan fingerprint density at radius 2 is 1.85 bits per heavy atom. The Morgan fingerprint density at radius 1 is 1.07 bits per heavy atom. The fourth-order valence-corrected chi connectivity index (χ4v) is 3.55. The van der Waals surface area contributed by atoms with Crippen molar-refractivity contribution < 1.29 is 0 Å². The van der Waals surface area contributed by atoms with E-state index in [1.165, 1.54) is 6.33 Å². The number of nitrogens with two attached hydrogens (primary N) is 1. The molecule has 0 saturated heterocycles. The molecular formula is C21H22N6. The first-order chi connectivity index (χ1) is 13.1. The van der Waals surface area contributed by atoms with Gasteiger partial charge >= 0.3 is 0 Å². The minimum atomic E-state index is -0.558. The largest absolute Gasteiger partial charge is 0.370 e. The Kier molecular flexibility index (Phi) is 4.32. The zero-order chi connectivity index (χ0) is 18.9. The van der Waals surface area contributed by atoms with Gasteiger partial charge in [-0.1, -0.05) is 25.1 Å². The summed E-state index contributed by atoms with van der Waals surface area (Å²) in [6.45, 7) is 2.79. The second-order valence-corrected chi connectivity index (χ2v) is 6.78. The lowest BCUT2D eigenvalue weighted by atomic mass is 9.82. The molecule has 0 aliphatic carbocycles. The molecule has 0 fully saturated rings. The van der Waals surface area contributed by atoms with Gasteiger partial charge in [-0.05, 0) is 41.3 Å². The van der Waals surface area contributed by atoms with Crippen LogP contribution in [-0.4, -0.2) is 39.4 Å². The van der Waals surface area contributed by atoms with Gasteiger partial charge in [-0.25, -0.2) is 15.0 Å². The van der Waals surface area contributed by atoms with Crippen molar-refractivity contribution in [2.45, 2.75) is 18.9 Å². The lowest BCUT2D eigenvalue weighted by Crippen LogP contribution is -2.35. The van der Waals surface area contributed by atoms with Crippen LogP contribution in [0.25, 0.3) is 11.1 Å². The summed E-state index contributed by atoms with van der Waals surface area (Å²) in [7, 11) is 1.97. The van der Waals surface area contributed by atoms with E-state index < -0.39 is 5.54 Å². The van der Waals surface area contributed by atoms with E-state index in [-0.39, 0.29) is 0 Å². The summed E-state index contributed by atoms with van der Waals surface area (Å²) in [6, 6.07) is 12.5. The Morgan fingerprint density at radius 3 is 2.56 bits per heavy atom. The van der Waals surface area contributed by atoms with E-state index in [0.717, 1.165) is 34.4 Å². The maximum absolute atomic E-state index is 6.19. The van der Waals surface area contributed by atoms with Gasteiger partial charge in [0.2, 0.25) is 0 Å². The Bertz CT molecular complexity index is 985. The average Bonchev–Trinajstić information content (AvgIpc) is 3.04. The van der Waals surface area contributed by atoms with E-state index in [1.54, 1.807) is 0 Å². The zero-order valence-corrected chi connectivity index (χ0v) is 15.5. The SMILES string of the molecule is CCc1cc([C@]2(c3cccc(-c4cncnc4)c3)CN(C)C(N)=N2)ccn1. The summed E-state index contributed by atoms with van der Waals surface area (Å²) in [5, 5.41) is 0. The van der Waals surface area contributed by atoms with E-state index in [4.69, 9.17) is 10.7 Å². The van der Waals surface area contributed by atoms with Gasteiger partial charge in [0.05, 0.1) is 6.54 Å². The molecule has 1 aromatic carbocycles. The molecule has 27 heavy (non-hydrogen) atoms. The standard InChI is InChI=1S/C21H22N6/c1-3-19-10-18(7-8-25-19)21(13-27(2)20(22)26-21)17-6-4-5-15(9-17)16-11-23-14-24-12-16/h4-12,14H,3,13H2,1-2H3,(H2,22,26)/t21-/m1/s1. The van der Waals surface area contributed by atoms with Crippen LogP contribution in [0.2, 0.25) is 0 Å². The van der Waals surface area contributed by atoms with Crippen LogP contribution in [-0.2, 0) is 12.0 Å². The van der Waals surface area contributed by atoms with Gasteiger partial charge in [-0.2, -0.15) is 0 Å². The van der Waals surface area contributed by atoms with Crippen molar-refractivity contribution in [3.05, 3.63) is 78.1 Å². The van der Waals surface area contributed by atoms with Crippen molar-refractivity contribution in [2.75, 3.05) is 13.6 Å². The van der Waals surface area contributed by atoms with Crippen molar-refractivity contribution in [2.24, 2.45) is 10.7 Å². The molecule has 1 aliphatic heterocycles. The Hall–Kier alpha value is -3.28. The normalized spacial score (nSPS) is 19.2. The van der Waals surface area contributed by atoms with Crippen molar-refractivity contribution in [3.63, 3.8) is 0 Å². The highest BCUT2D eigenvalue weighted by molar-refractivity contribution is 5.81. The Balaban J connectivity index is 1.88. The molecule has 0 radical (unpaired) electrons. The highest BCUT2D eigenvalue weighted by Crippen LogP contribution is 2.39. The van der Waals surface area contributed by atoms with E-state index >= 15 is 0 Å². The number of pyridine rings is 1. The molecule has 0 amide bonds. The van der Waals surface area contributed by atoms with Crippen LogP contribution in [0.1, 0.15) is 23.7 Å². The van der Waals surface area contributed by atoms with Crippen LogP contribution in [0.3, 0.4) is 0 Å². The third-order valence-electron chi connectivity index (χ3n) is 5.05. The number of hydrogen-bond acceptors (Lipinski definition) is 6. The van der Waals surface area contributed by atoms with E-state index in [1.807, 2.05) is 42.7 Å². The number of rotatable bonds is 4. The summed E-state index contributed by atoms with van der Waals surface area (Å²) in [4.78, 5) is 19.6. The number of likely N-dealkylation sites (N-methyl/N-ethyl adjacent to an activating group) is 1. The monoisotopic (exact) mass is 358 g/mol. The third-order valence-corrected chi connectivity index (χ3v) is 5.05. The molecule has 136 valence electrons. The molecule has 0 unspecified atom stereocenters. The predicted molar refractivity (Wildman–Crippen MR) is 106 cm³/mol. The molecule has 2 N–H and O–H groups in total. The molecule has 6 heteroatoms. The Labute approximate surface area is 158 Å². The summed E-state index contributed by atoms with van der Waals surface area (Å²) in [6.07, 6.45) is 7.90. The maximum atomic E-state index is 6.19. The quantitative estimate of drug-likeness (QED) is 0.775. The molecule has 0 saturated carbocycles. The highest BCUT2D eigenvalue weighted by Gasteiger charge is 2.41. The maximum Gasteiger partial charge on any atom is 0.192 e. The van der Waals surface area contributed by atoms with Gasteiger partial charge < -0.3 is 10.6 Å². The van der Waals surface area contributed by atoms with Crippen molar-refractivity contribution in [1.82, 2.24) is 19.9 Å². The smallest absolute Gasteiger partial charge is 0.192 e. The minimum absolute atomic E-state index is 0.540. The van der Waals surface area contributed by atoms with Crippen LogP contribution in [0.15, 0.2) is 66.3 Å². The third kappa shape index (κ3) is 3.03. The second-order valence-electron chi connectivity index (χ2n) is 6.78. The lowest BCUT2D eigenvalue weighted by Gasteiger charge is -2.28. The van der Waals surface area contributed by atoms with E-state index in [2.05, 4.69) is 46.1 Å². The summed E-state index contributed by atoms with van der Waals surface area (Å²) in [5.74, 6) is 0.540. The number of nitrogens with zero attached hydrogens (tertiary/aromatic N) is 5. The molecule has 1 atom stereocenters. The van der Waals surface area contributed by atoms with Crippen LogP contribution >= 0.6 is 0 Å². The van der Waals surface area contributed by atoms with Gasteiger partial charge in [0, 0.05) is 36.9 Å². The number of aliphatic imine (C=N–C) groups is 1. The van der Waals surface area contributed by atoms with Crippen LogP contribution in [0, 0.1) is 0 Å². The minimum Gasteiger partial charge on any atom is -0.370 e. The van der Waals surface area contributed by atoms with Gasteiger partial charge in [0.25, 0.3) is 0 Å². The van der Waals surface area contributed by atoms with Crippen molar-refractivity contribution >= 4 is 5.96 Å². The summed E-state index contributed by atoms with van der Waals surface area (Å²) < 4.78 is 0. The van der Waals surface area contributed by atoms with Crippen molar-refractivity contribution in [3.8, 4) is 11.1 Å². The first-order valence-corrected chi connectivity index (χ1v) is 9.00. The summed E-state index contributed by atoms with van der Waals surface area (Å²) in [5.41, 5.74) is 10.9. The van der Waals surface area contributed by atoms with Gasteiger partial charge in [0.1, 0.15) is 11.9 Å². The molecule has 0 bridgehead atoms. The molecule has 3 aromatic rings. The fourth-order valence-electron chi connectivity index (χ4n) is 3.55. The topological polar surface area (TPSA) is 80.3 Å². The fraction of sp³-hybridized carbons (Fsp3) is 0.238. The average molecular weight is 358 g/mol. The first kappa shape index (κ1) is 17.1. The molecular weight excluding hydrogens is 336 g/mol. The molecule has 6 nitrogen and oxygen atoms in total.